The lowest BCUT2D eigenvalue weighted by Crippen LogP contribution is -2.08. The highest BCUT2D eigenvalue weighted by Crippen LogP contribution is 1.89. The molecule has 0 aliphatic rings. The summed E-state index contributed by atoms with van der Waals surface area (Å²) >= 11 is 0. The number of ether oxygens (including phenoxy) is 2. The van der Waals surface area contributed by atoms with Crippen LogP contribution in [-0.4, -0.2) is 30.4 Å². The largest absolute Gasteiger partial charge is 0.508 e. The smallest absolute Gasteiger partial charge is 0.477 e. The molecule has 0 fully saturated rings. The van der Waals surface area contributed by atoms with Crippen LogP contribution >= 0.6 is 0 Å². The number of hydrogen-bond donors (Lipinski definition) is 1. The number of carboxylic acids is 1. The fourth-order valence-corrected chi connectivity index (χ4v) is 0.619. The van der Waals surface area contributed by atoms with Crippen LogP contribution in [0.3, 0.4) is 0 Å². The van der Waals surface area contributed by atoms with Gasteiger partial charge in [-0.15, -0.1) is 0 Å². The van der Waals surface area contributed by atoms with Gasteiger partial charge in [0.2, 0.25) is 0 Å². The van der Waals surface area contributed by atoms with E-state index in [1.807, 2.05) is 13.8 Å². The average Bonchev–Trinajstić information content (AvgIpc) is 2.40. The van der Waals surface area contributed by atoms with E-state index in [9.17, 15) is 9.59 Å². The summed E-state index contributed by atoms with van der Waals surface area (Å²) in [5.74, 6) is -1.38. The molecule has 0 atom stereocenters. The summed E-state index contributed by atoms with van der Waals surface area (Å²) < 4.78 is 9.26. The van der Waals surface area contributed by atoms with Crippen LogP contribution in [0.1, 0.15) is 26.7 Å². The van der Waals surface area contributed by atoms with Gasteiger partial charge < -0.3 is 14.6 Å². The SMILES string of the molecule is CCCOC(=O)OCCC.N#CC=C(C#N)C(=O)O. The molecule has 0 heterocycles. The third kappa shape index (κ3) is 13.4. The van der Waals surface area contributed by atoms with Gasteiger partial charge in [0.15, 0.2) is 0 Å². The highest BCUT2D eigenvalue weighted by Gasteiger charge is 2.02. The highest BCUT2D eigenvalue weighted by atomic mass is 16.7. The predicted octanol–water partition coefficient (Wildman–Crippen LogP) is 2.00. The van der Waals surface area contributed by atoms with E-state index in [2.05, 4.69) is 9.47 Å². The molecule has 104 valence electrons. The van der Waals surface area contributed by atoms with Gasteiger partial charge in [0.05, 0.1) is 19.3 Å². The molecule has 0 aliphatic carbocycles. The topological polar surface area (TPSA) is 120 Å². The molecule has 0 spiro atoms. The molecule has 0 saturated carbocycles. The van der Waals surface area contributed by atoms with Crippen molar-refractivity contribution in [2.75, 3.05) is 13.2 Å². The van der Waals surface area contributed by atoms with Crippen molar-refractivity contribution >= 4 is 12.1 Å². The Kier molecular flexibility index (Phi) is 13.4. The molecule has 0 aromatic carbocycles. The lowest BCUT2D eigenvalue weighted by atomic mass is 10.3. The second kappa shape index (κ2) is 13.5. The normalized spacial score (nSPS) is 9.16. The predicted molar refractivity (Wildman–Crippen MR) is 64.8 cm³/mol. The number of carbonyl (C=O) groups excluding carboxylic acids is 1. The molecule has 0 bridgehead atoms. The molecule has 1 N–H and O–H groups in total. The number of carbonyl (C=O) groups is 2. The van der Waals surface area contributed by atoms with Crippen LogP contribution in [0.15, 0.2) is 11.6 Å². The minimum absolute atomic E-state index is 0.447. The summed E-state index contributed by atoms with van der Waals surface area (Å²) in [6, 6.07) is 2.78. The monoisotopic (exact) mass is 268 g/mol. The van der Waals surface area contributed by atoms with Gasteiger partial charge in [-0.3, -0.25) is 0 Å². The lowest BCUT2D eigenvalue weighted by Gasteiger charge is -2.02. The standard InChI is InChI=1S/C7H14O3.C5H2N2O2/c1-3-5-9-7(8)10-6-4-2;6-2-1-4(3-7)5(8)9/h3-6H2,1-2H3;1H,(H,8,9). The first-order chi connectivity index (χ1) is 9.03. The second-order valence-electron chi connectivity index (χ2n) is 3.05. The van der Waals surface area contributed by atoms with Crippen LogP contribution in [0.5, 0.6) is 0 Å². The second-order valence-corrected chi connectivity index (χ2v) is 3.05. The number of nitriles is 2. The van der Waals surface area contributed by atoms with E-state index < -0.39 is 17.7 Å². The van der Waals surface area contributed by atoms with Crippen molar-refractivity contribution in [2.24, 2.45) is 0 Å². The van der Waals surface area contributed by atoms with Crippen LogP contribution in [0, 0.1) is 22.7 Å². The van der Waals surface area contributed by atoms with E-state index in [1.54, 1.807) is 0 Å². The van der Waals surface area contributed by atoms with E-state index in [-0.39, 0.29) is 0 Å². The molecule has 0 amide bonds. The molecule has 7 nitrogen and oxygen atoms in total. The zero-order chi connectivity index (χ0) is 15.1. The summed E-state index contributed by atoms with van der Waals surface area (Å²) in [6.07, 6.45) is 1.80. The molecular weight excluding hydrogens is 252 g/mol. The van der Waals surface area contributed by atoms with Gasteiger partial charge >= 0.3 is 12.1 Å². The van der Waals surface area contributed by atoms with E-state index in [0.717, 1.165) is 12.8 Å². The van der Waals surface area contributed by atoms with Crippen LogP contribution in [0.25, 0.3) is 0 Å². The Bertz CT molecular complexity index is 380. The first-order valence-electron chi connectivity index (χ1n) is 5.56. The number of carboxylic acid groups (broad SMARTS) is 1. The van der Waals surface area contributed by atoms with Crippen LogP contribution in [0.4, 0.5) is 4.79 Å². The first kappa shape index (κ1) is 18.8. The number of nitrogens with zero attached hydrogens (tertiary/aromatic N) is 2. The van der Waals surface area contributed by atoms with Crippen molar-refractivity contribution in [1.82, 2.24) is 0 Å². The molecule has 7 heteroatoms. The molecule has 0 aromatic heterocycles. The van der Waals surface area contributed by atoms with Crippen molar-refractivity contribution in [3.05, 3.63) is 11.6 Å². The maximum absolute atomic E-state index is 10.5. The summed E-state index contributed by atoms with van der Waals surface area (Å²) in [5, 5.41) is 23.9. The van der Waals surface area contributed by atoms with Crippen LogP contribution in [0.2, 0.25) is 0 Å². The summed E-state index contributed by atoms with van der Waals surface area (Å²) in [4.78, 5) is 20.4. The Morgan fingerprint density at radius 3 is 1.84 bits per heavy atom. The Balaban J connectivity index is 0. The molecule has 0 rings (SSSR count). The Hall–Kier alpha value is -2.54. The maximum atomic E-state index is 10.5. The third-order valence-corrected chi connectivity index (χ3v) is 1.41. The van der Waals surface area contributed by atoms with E-state index in [1.165, 1.54) is 12.1 Å². The van der Waals surface area contributed by atoms with Gasteiger partial charge in [0.25, 0.3) is 0 Å². The molecular formula is C12H16N2O5. The van der Waals surface area contributed by atoms with Crippen molar-refractivity contribution in [3.8, 4) is 12.1 Å². The van der Waals surface area contributed by atoms with E-state index in [4.69, 9.17) is 15.6 Å². The fourth-order valence-electron chi connectivity index (χ4n) is 0.619. The average molecular weight is 268 g/mol. The molecule has 0 aromatic rings. The van der Waals surface area contributed by atoms with Crippen LogP contribution < -0.4 is 0 Å². The van der Waals surface area contributed by atoms with Gasteiger partial charge in [-0.2, -0.15) is 10.5 Å². The molecule has 0 unspecified atom stereocenters. The van der Waals surface area contributed by atoms with Crippen molar-refractivity contribution in [3.63, 3.8) is 0 Å². The van der Waals surface area contributed by atoms with Crippen molar-refractivity contribution < 1.29 is 24.2 Å². The fraction of sp³-hybridized carbons (Fsp3) is 0.500. The van der Waals surface area contributed by atoms with Gasteiger partial charge in [-0.1, -0.05) is 13.8 Å². The Morgan fingerprint density at radius 2 is 1.63 bits per heavy atom. The summed E-state index contributed by atoms with van der Waals surface area (Å²) in [6.45, 7) is 4.77. The highest BCUT2D eigenvalue weighted by molar-refractivity contribution is 5.91. The molecule has 0 aliphatic heterocycles. The van der Waals surface area contributed by atoms with E-state index >= 15 is 0 Å². The zero-order valence-corrected chi connectivity index (χ0v) is 10.9. The zero-order valence-electron chi connectivity index (χ0n) is 10.9. The first-order valence-corrected chi connectivity index (χ1v) is 5.56. The number of aliphatic carboxylic acids is 1. The number of hydrogen-bond acceptors (Lipinski definition) is 6. The summed E-state index contributed by atoms with van der Waals surface area (Å²) in [7, 11) is 0. The molecule has 0 saturated heterocycles. The van der Waals surface area contributed by atoms with E-state index in [0.29, 0.717) is 19.3 Å². The van der Waals surface area contributed by atoms with Crippen molar-refractivity contribution in [1.29, 1.82) is 10.5 Å². The summed E-state index contributed by atoms with van der Waals surface area (Å²) in [5.41, 5.74) is -0.544. The van der Waals surface area contributed by atoms with Gasteiger partial charge in [0.1, 0.15) is 11.6 Å². The molecule has 19 heavy (non-hydrogen) atoms. The Morgan fingerprint density at radius 1 is 1.16 bits per heavy atom. The third-order valence-electron chi connectivity index (χ3n) is 1.41. The van der Waals surface area contributed by atoms with Gasteiger partial charge in [-0.05, 0) is 12.8 Å². The lowest BCUT2D eigenvalue weighted by molar-refractivity contribution is -0.132. The minimum Gasteiger partial charge on any atom is -0.477 e. The number of allylic oxidation sites excluding steroid dienone is 1. The van der Waals surface area contributed by atoms with Crippen LogP contribution in [-0.2, 0) is 14.3 Å². The Labute approximate surface area is 111 Å². The molecule has 0 radical (unpaired) electrons. The van der Waals surface area contributed by atoms with Gasteiger partial charge in [-0.25, -0.2) is 9.59 Å². The minimum atomic E-state index is -1.38. The van der Waals surface area contributed by atoms with Crippen molar-refractivity contribution in [2.45, 2.75) is 26.7 Å². The maximum Gasteiger partial charge on any atom is 0.508 e. The number of rotatable bonds is 5. The van der Waals surface area contributed by atoms with Gasteiger partial charge in [0, 0.05) is 6.08 Å². The quantitative estimate of drug-likeness (QED) is 0.459.